The molecule has 0 radical (unpaired) electrons. The third-order valence-electron chi connectivity index (χ3n) is 2.12. The molecule has 0 aromatic rings. The molecular weight excluding hydrogens is 204 g/mol. The van der Waals surface area contributed by atoms with Gasteiger partial charge in [0.2, 0.25) is 0 Å². The lowest BCUT2D eigenvalue weighted by Crippen LogP contribution is -2.36. The first-order chi connectivity index (χ1) is 6.14. The van der Waals surface area contributed by atoms with E-state index in [4.69, 9.17) is 0 Å². The maximum atomic E-state index is 10.8. The van der Waals surface area contributed by atoms with Crippen LogP contribution in [0.25, 0.3) is 0 Å². The Bertz CT molecular complexity index is 245. The summed E-state index contributed by atoms with van der Waals surface area (Å²) in [5, 5.41) is 0. The SMILES string of the molecule is C=CCCSCCC1CS(=O)(=O)C1. The zero-order valence-corrected chi connectivity index (χ0v) is 9.37. The van der Waals surface area contributed by atoms with Crippen LogP contribution in [0.15, 0.2) is 12.7 Å². The lowest BCUT2D eigenvalue weighted by molar-refractivity contribution is 0.514. The van der Waals surface area contributed by atoms with Gasteiger partial charge in [0.25, 0.3) is 0 Å². The molecule has 0 N–H and O–H groups in total. The predicted octanol–water partition coefficient (Wildman–Crippen LogP) is 1.73. The molecule has 0 aromatic carbocycles. The molecule has 0 aromatic heterocycles. The number of rotatable bonds is 6. The average Bonchev–Trinajstić information content (AvgIpc) is 2.00. The number of thioether (sulfide) groups is 1. The quantitative estimate of drug-likeness (QED) is 0.505. The van der Waals surface area contributed by atoms with Gasteiger partial charge in [-0.25, -0.2) is 8.42 Å². The van der Waals surface area contributed by atoms with Gasteiger partial charge < -0.3 is 0 Å². The molecule has 13 heavy (non-hydrogen) atoms. The van der Waals surface area contributed by atoms with Crippen molar-refractivity contribution in [3.05, 3.63) is 12.7 Å². The summed E-state index contributed by atoms with van der Waals surface area (Å²) in [6.07, 6.45) is 4.02. The molecule has 0 aliphatic carbocycles. The standard InChI is InChI=1S/C9H16O2S2/c1-2-3-5-12-6-4-9-7-13(10,11)8-9/h2,9H,1,3-8H2. The van der Waals surface area contributed by atoms with E-state index in [0.717, 1.165) is 24.3 Å². The van der Waals surface area contributed by atoms with Crippen molar-refractivity contribution in [2.24, 2.45) is 5.92 Å². The third-order valence-corrected chi connectivity index (χ3v) is 5.12. The van der Waals surface area contributed by atoms with Crippen molar-refractivity contribution in [3.63, 3.8) is 0 Å². The van der Waals surface area contributed by atoms with Gasteiger partial charge in [0.05, 0.1) is 11.5 Å². The first kappa shape index (κ1) is 11.1. The summed E-state index contributed by atoms with van der Waals surface area (Å²) in [5.74, 6) is 3.50. The van der Waals surface area contributed by atoms with Gasteiger partial charge in [0.15, 0.2) is 9.84 Å². The fourth-order valence-corrected chi connectivity index (χ4v) is 4.06. The summed E-state index contributed by atoms with van der Waals surface area (Å²) < 4.78 is 21.6. The molecule has 2 nitrogen and oxygen atoms in total. The highest BCUT2D eigenvalue weighted by molar-refractivity contribution is 7.99. The van der Waals surface area contributed by atoms with Gasteiger partial charge in [-0.1, -0.05) is 6.08 Å². The maximum Gasteiger partial charge on any atom is 0.150 e. The van der Waals surface area contributed by atoms with Crippen molar-refractivity contribution in [1.29, 1.82) is 0 Å². The van der Waals surface area contributed by atoms with Gasteiger partial charge in [0, 0.05) is 0 Å². The minimum atomic E-state index is -2.60. The summed E-state index contributed by atoms with van der Waals surface area (Å²) in [7, 11) is -2.60. The summed E-state index contributed by atoms with van der Waals surface area (Å²) in [4.78, 5) is 0. The molecule has 1 aliphatic rings. The Kier molecular flexibility index (Phi) is 4.32. The van der Waals surface area contributed by atoms with E-state index >= 15 is 0 Å². The van der Waals surface area contributed by atoms with Gasteiger partial charge in [-0.15, -0.1) is 6.58 Å². The Labute approximate surface area is 84.7 Å². The molecule has 1 heterocycles. The number of hydrogen-bond donors (Lipinski definition) is 0. The number of allylic oxidation sites excluding steroid dienone is 1. The minimum absolute atomic E-state index is 0.426. The van der Waals surface area contributed by atoms with Crippen molar-refractivity contribution in [3.8, 4) is 0 Å². The van der Waals surface area contributed by atoms with E-state index in [0.29, 0.717) is 17.4 Å². The monoisotopic (exact) mass is 220 g/mol. The van der Waals surface area contributed by atoms with E-state index in [-0.39, 0.29) is 0 Å². The van der Waals surface area contributed by atoms with Crippen LogP contribution in [0.3, 0.4) is 0 Å². The third kappa shape index (κ3) is 4.18. The van der Waals surface area contributed by atoms with Crippen LogP contribution in [-0.2, 0) is 9.84 Å². The van der Waals surface area contributed by atoms with Crippen molar-refractivity contribution < 1.29 is 8.42 Å². The van der Waals surface area contributed by atoms with Gasteiger partial charge in [-0.3, -0.25) is 0 Å². The highest BCUT2D eigenvalue weighted by Crippen LogP contribution is 2.23. The van der Waals surface area contributed by atoms with Crippen LogP contribution in [0.5, 0.6) is 0 Å². The second kappa shape index (κ2) is 5.05. The second-order valence-electron chi connectivity index (χ2n) is 3.42. The van der Waals surface area contributed by atoms with E-state index in [1.165, 1.54) is 0 Å². The number of sulfone groups is 1. The molecule has 4 heteroatoms. The van der Waals surface area contributed by atoms with Gasteiger partial charge >= 0.3 is 0 Å². The molecule has 0 unspecified atom stereocenters. The Balaban J connectivity index is 1.94. The molecule has 0 saturated carbocycles. The van der Waals surface area contributed by atoms with Crippen molar-refractivity contribution in [2.75, 3.05) is 23.0 Å². The molecule has 0 atom stereocenters. The van der Waals surface area contributed by atoms with E-state index < -0.39 is 9.84 Å². The van der Waals surface area contributed by atoms with Gasteiger partial charge in [0.1, 0.15) is 0 Å². The maximum absolute atomic E-state index is 10.8. The summed E-state index contributed by atoms with van der Waals surface area (Å²) >= 11 is 1.89. The average molecular weight is 220 g/mol. The molecule has 1 fully saturated rings. The number of hydrogen-bond acceptors (Lipinski definition) is 3. The molecule has 76 valence electrons. The normalized spacial score (nSPS) is 20.9. The zero-order valence-electron chi connectivity index (χ0n) is 7.74. The van der Waals surface area contributed by atoms with Gasteiger partial charge in [-0.2, -0.15) is 11.8 Å². The Morgan fingerprint density at radius 1 is 1.38 bits per heavy atom. The van der Waals surface area contributed by atoms with E-state index in [1.54, 1.807) is 0 Å². The summed E-state index contributed by atoms with van der Waals surface area (Å²) in [5.41, 5.74) is 0. The van der Waals surface area contributed by atoms with E-state index in [2.05, 4.69) is 6.58 Å². The largest absolute Gasteiger partial charge is 0.229 e. The molecule has 0 amide bonds. The topological polar surface area (TPSA) is 34.1 Å². The second-order valence-corrected chi connectivity index (χ2v) is 6.80. The van der Waals surface area contributed by atoms with Crippen LogP contribution in [-0.4, -0.2) is 31.4 Å². The van der Waals surface area contributed by atoms with Gasteiger partial charge in [-0.05, 0) is 30.3 Å². The fourth-order valence-electron chi connectivity index (χ4n) is 1.35. The van der Waals surface area contributed by atoms with Crippen LogP contribution >= 0.6 is 11.8 Å². The van der Waals surface area contributed by atoms with E-state index in [1.807, 2.05) is 17.8 Å². The lowest BCUT2D eigenvalue weighted by Gasteiger charge is -2.25. The Hall–Kier alpha value is 0.0400. The van der Waals surface area contributed by atoms with Crippen molar-refractivity contribution in [2.45, 2.75) is 12.8 Å². The highest BCUT2D eigenvalue weighted by atomic mass is 32.2. The Morgan fingerprint density at radius 3 is 2.62 bits per heavy atom. The predicted molar refractivity (Wildman–Crippen MR) is 58.9 cm³/mol. The minimum Gasteiger partial charge on any atom is -0.229 e. The molecule has 0 spiro atoms. The molecular formula is C9H16O2S2. The molecule has 1 saturated heterocycles. The lowest BCUT2D eigenvalue weighted by atomic mass is 10.1. The van der Waals surface area contributed by atoms with Crippen LogP contribution in [0.4, 0.5) is 0 Å². The molecule has 1 rings (SSSR count). The van der Waals surface area contributed by atoms with E-state index in [9.17, 15) is 8.42 Å². The molecule has 0 bridgehead atoms. The molecule has 1 aliphatic heterocycles. The first-order valence-corrected chi connectivity index (χ1v) is 7.51. The first-order valence-electron chi connectivity index (χ1n) is 4.53. The van der Waals surface area contributed by atoms with Crippen LogP contribution in [0.1, 0.15) is 12.8 Å². The summed E-state index contributed by atoms with van der Waals surface area (Å²) in [6, 6.07) is 0. The zero-order chi connectivity index (χ0) is 9.73. The highest BCUT2D eigenvalue weighted by Gasteiger charge is 2.32. The van der Waals surface area contributed by atoms with Crippen LogP contribution in [0, 0.1) is 5.92 Å². The smallest absolute Gasteiger partial charge is 0.150 e. The fraction of sp³-hybridized carbons (Fsp3) is 0.778. The summed E-state index contributed by atoms with van der Waals surface area (Å²) in [6.45, 7) is 3.65. The van der Waals surface area contributed by atoms with Crippen LogP contribution < -0.4 is 0 Å². The van der Waals surface area contributed by atoms with Crippen LogP contribution in [0.2, 0.25) is 0 Å². The van der Waals surface area contributed by atoms with Crippen molar-refractivity contribution in [1.82, 2.24) is 0 Å². The van der Waals surface area contributed by atoms with Crippen molar-refractivity contribution >= 4 is 21.6 Å². The Morgan fingerprint density at radius 2 is 2.08 bits per heavy atom.